The van der Waals surface area contributed by atoms with Gasteiger partial charge < -0.3 is 16.0 Å². The van der Waals surface area contributed by atoms with Crippen molar-refractivity contribution in [3.63, 3.8) is 0 Å². The molecular weight excluding hydrogens is 428 g/mol. The number of allylic oxidation sites excluding steroid dienone is 2. The van der Waals surface area contributed by atoms with E-state index in [0.717, 1.165) is 52.1 Å². The van der Waals surface area contributed by atoms with E-state index >= 15 is 0 Å². The molecule has 1 aliphatic rings. The zero-order valence-corrected chi connectivity index (χ0v) is 17.4. The van der Waals surface area contributed by atoms with E-state index in [0.29, 0.717) is 17.7 Å². The predicted molar refractivity (Wildman–Crippen MR) is 120 cm³/mol. The summed E-state index contributed by atoms with van der Waals surface area (Å²) in [5, 5.41) is 2.01. The van der Waals surface area contributed by atoms with Gasteiger partial charge in [-0.1, -0.05) is 23.8 Å². The number of rotatable bonds is 4. The lowest BCUT2D eigenvalue weighted by atomic mass is 10.0. The lowest BCUT2D eigenvalue weighted by Crippen LogP contribution is -2.03. The van der Waals surface area contributed by atoms with Crippen LogP contribution < -0.4 is 11.5 Å². The first-order chi connectivity index (χ1) is 14.1. The van der Waals surface area contributed by atoms with E-state index in [4.69, 9.17) is 11.5 Å². The van der Waals surface area contributed by atoms with Gasteiger partial charge in [-0.05, 0) is 65.4 Å². The second-order valence-corrected chi connectivity index (χ2v) is 8.39. The van der Waals surface area contributed by atoms with Crippen LogP contribution >= 0.6 is 15.9 Å². The number of nitrogens with zero attached hydrogens (tertiary/aromatic N) is 4. The second kappa shape index (κ2) is 7.15. The standard InChI is InChI=1S/C22H21BrN6/c23-18-11-15-5-3-14(10-19(15)28-21(18)25)2-1-13-4-6-16(9-13)29-8-7-17-20(24)26-12-27-22(17)29/h3,5,7-12,16H,1-2,4,6H2,(H2,25,28)(H2,24,26,27). The Labute approximate surface area is 176 Å². The zero-order chi connectivity index (χ0) is 20.0. The monoisotopic (exact) mass is 448 g/mol. The predicted octanol–water partition coefficient (Wildman–Crippen LogP) is 4.80. The molecule has 0 bridgehead atoms. The molecule has 0 amide bonds. The third-order valence-electron chi connectivity index (χ3n) is 5.68. The maximum absolute atomic E-state index is 5.97. The molecule has 3 heterocycles. The van der Waals surface area contributed by atoms with Crippen molar-refractivity contribution in [2.24, 2.45) is 0 Å². The van der Waals surface area contributed by atoms with Crippen LogP contribution in [-0.2, 0) is 6.42 Å². The molecule has 1 aliphatic carbocycles. The number of nitrogen functional groups attached to an aromatic ring is 2. The largest absolute Gasteiger partial charge is 0.383 e. The zero-order valence-electron chi connectivity index (χ0n) is 15.8. The molecule has 0 radical (unpaired) electrons. The smallest absolute Gasteiger partial charge is 0.146 e. The molecule has 0 aliphatic heterocycles. The first-order valence-corrected chi connectivity index (χ1v) is 10.5. The van der Waals surface area contributed by atoms with E-state index < -0.39 is 0 Å². The molecular formula is C22H21BrN6. The highest BCUT2D eigenvalue weighted by Crippen LogP contribution is 2.34. The minimum Gasteiger partial charge on any atom is -0.383 e. The number of benzene rings is 1. The number of pyridine rings is 1. The fourth-order valence-corrected chi connectivity index (χ4v) is 4.46. The van der Waals surface area contributed by atoms with Crippen molar-refractivity contribution in [3.05, 3.63) is 64.5 Å². The average Bonchev–Trinajstić information content (AvgIpc) is 3.35. The summed E-state index contributed by atoms with van der Waals surface area (Å²) in [5.74, 6) is 1.06. The Hall–Kier alpha value is -2.93. The number of hydrogen-bond acceptors (Lipinski definition) is 5. The molecule has 1 unspecified atom stereocenters. The average molecular weight is 449 g/mol. The maximum atomic E-state index is 5.97. The number of fused-ring (bicyclic) bond motifs is 2. The fraction of sp³-hybridized carbons (Fsp3) is 0.227. The van der Waals surface area contributed by atoms with Gasteiger partial charge in [0.05, 0.1) is 21.4 Å². The molecule has 6 nitrogen and oxygen atoms in total. The Morgan fingerprint density at radius 1 is 1.07 bits per heavy atom. The van der Waals surface area contributed by atoms with Gasteiger partial charge in [0, 0.05) is 11.6 Å². The molecule has 29 heavy (non-hydrogen) atoms. The van der Waals surface area contributed by atoms with Gasteiger partial charge in [-0.25, -0.2) is 15.0 Å². The highest BCUT2D eigenvalue weighted by molar-refractivity contribution is 9.10. The normalized spacial score (nSPS) is 16.6. The van der Waals surface area contributed by atoms with Gasteiger partial charge in [-0.2, -0.15) is 0 Å². The molecule has 7 heteroatoms. The van der Waals surface area contributed by atoms with E-state index in [2.05, 4.69) is 65.9 Å². The summed E-state index contributed by atoms with van der Waals surface area (Å²) in [6.45, 7) is 0. The van der Waals surface area contributed by atoms with Crippen LogP contribution in [0.2, 0.25) is 0 Å². The molecule has 1 atom stereocenters. The van der Waals surface area contributed by atoms with Crippen molar-refractivity contribution in [3.8, 4) is 0 Å². The molecule has 0 fully saturated rings. The van der Waals surface area contributed by atoms with Crippen LogP contribution in [0.5, 0.6) is 0 Å². The lowest BCUT2D eigenvalue weighted by Gasteiger charge is -2.10. The number of hydrogen-bond donors (Lipinski definition) is 2. The number of halogens is 1. The van der Waals surface area contributed by atoms with Crippen molar-refractivity contribution in [2.45, 2.75) is 31.7 Å². The minimum atomic E-state index is 0.326. The number of aromatic nitrogens is 4. The third-order valence-corrected chi connectivity index (χ3v) is 6.32. The first-order valence-electron chi connectivity index (χ1n) is 9.70. The molecule has 0 saturated carbocycles. The molecule has 4 aromatic rings. The summed E-state index contributed by atoms with van der Waals surface area (Å²) in [5.41, 5.74) is 16.5. The summed E-state index contributed by atoms with van der Waals surface area (Å²) < 4.78 is 3.05. The Morgan fingerprint density at radius 3 is 2.86 bits per heavy atom. The third kappa shape index (κ3) is 3.35. The molecule has 0 spiro atoms. The van der Waals surface area contributed by atoms with Crippen LogP contribution in [0.25, 0.3) is 21.9 Å². The van der Waals surface area contributed by atoms with Crippen molar-refractivity contribution in [1.82, 2.24) is 19.5 Å². The number of nitrogens with two attached hydrogens (primary N) is 2. The van der Waals surface area contributed by atoms with Crippen LogP contribution in [0.4, 0.5) is 11.6 Å². The quantitative estimate of drug-likeness (QED) is 0.437. The summed E-state index contributed by atoms with van der Waals surface area (Å²) in [4.78, 5) is 13.0. The molecule has 0 saturated heterocycles. The fourth-order valence-electron chi connectivity index (χ4n) is 4.12. The van der Waals surface area contributed by atoms with Gasteiger partial charge in [0.1, 0.15) is 23.6 Å². The van der Waals surface area contributed by atoms with Gasteiger partial charge in [-0.15, -0.1) is 0 Å². The summed E-state index contributed by atoms with van der Waals surface area (Å²) in [6, 6.07) is 10.8. The molecule has 1 aromatic carbocycles. The minimum absolute atomic E-state index is 0.326. The maximum Gasteiger partial charge on any atom is 0.146 e. The highest BCUT2D eigenvalue weighted by atomic mass is 79.9. The van der Waals surface area contributed by atoms with Crippen molar-refractivity contribution in [1.29, 1.82) is 0 Å². The van der Waals surface area contributed by atoms with Crippen LogP contribution in [0, 0.1) is 0 Å². The number of aryl methyl sites for hydroxylation is 1. The van der Waals surface area contributed by atoms with Gasteiger partial charge in [-0.3, -0.25) is 0 Å². The van der Waals surface area contributed by atoms with Crippen LogP contribution in [0.15, 0.2) is 59.0 Å². The van der Waals surface area contributed by atoms with E-state index in [1.54, 1.807) is 0 Å². The van der Waals surface area contributed by atoms with E-state index in [1.165, 1.54) is 17.5 Å². The first kappa shape index (κ1) is 18.1. The lowest BCUT2D eigenvalue weighted by molar-refractivity contribution is 0.603. The van der Waals surface area contributed by atoms with Gasteiger partial charge in [0.2, 0.25) is 0 Å². The Kier molecular flexibility index (Phi) is 4.47. The SMILES string of the molecule is Nc1nc2cc(CCC3=CC(n4ccc5c(N)ncnc54)CC3)ccc2cc1Br. The molecule has 3 aromatic heterocycles. The summed E-state index contributed by atoms with van der Waals surface area (Å²) in [6.07, 6.45) is 10.2. The molecule has 146 valence electrons. The van der Waals surface area contributed by atoms with E-state index in [9.17, 15) is 0 Å². The Morgan fingerprint density at radius 2 is 1.97 bits per heavy atom. The van der Waals surface area contributed by atoms with Gasteiger partial charge >= 0.3 is 0 Å². The molecule has 4 N–H and O–H groups in total. The highest BCUT2D eigenvalue weighted by Gasteiger charge is 2.19. The van der Waals surface area contributed by atoms with Crippen LogP contribution in [0.1, 0.15) is 30.9 Å². The van der Waals surface area contributed by atoms with Gasteiger partial charge in [0.25, 0.3) is 0 Å². The van der Waals surface area contributed by atoms with Crippen molar-refractivity contribution >= 4 is 49.5 Å². The van der Waals surface area contributed by atoms with Crippen LogP contribution in [-0.4, -0.2) is 19.5 Å². The number of anilines is 2. The van der Waals surface area contributed by atoms with Gasteiger partial charge in [0.15, 0.2) is 0 Å². The summed E-state index contributed by atoms with van der Waals surface area (Å²) in [7, 11) is 0. The van der Waals surface area contributed by atoms with Crippen molar-refractivity contribution < 1.29 is 0 Å². The van der Waals surface area contributed by atoms with Crippen molar-refractivity contribution in [2.75, 3.05) is 11.5 Å². The second-order valence-electron chi connectivity index (χ2n) is 7.53. The van der Waals surface area contributed by atoms with E-state index in [1.807, 2.05) is 12.1 Å². The Balaban J connectivity index is 1.33. The van der Waals surface area contributed by atoms with Crippen LogP contribution in [0.3, 0.4) is 0 Å². The topological polar surface area (TPSA) is 95.6 Å². The molecule has 5 rings (SSSR count). The summed E-state index contributed by atoms with van der Waals surface area (Å²) >= 11 is 3.44. The Bertz CT molecular complexity index is 1260. The van der Waals surface area contributed by atoms with E-state index in [-0.39, 0.29) is 0 Å².